The second kappa shape index (κ2) is 10.7. The number of hydrogen-bond donors (Lipinski definition) is 0. The van der Waals surface area contributed by atoms with E-state index < -0.39 is 0 Å². The Labute approximate surface area is 200 Å². The quantitative estimate of drug-likeness (QED) is 0.310. The highest BCUT2D eigenvalue weighted by atomic mass is 32.1. The van der Waals surface area contributed by atoms with E-state index in [1.807, 2.05) is 65.6 Å². The molecular weight excluding hydrogens is 426 g/mol. The molecule has 0 N–H and O–H groups in total. The first-order valence-corrected chi connectivity index (χ1v) is 12.3. The summed E-state index contributed by atoms with van der Waals surface area (Å²) in [5.41, 5.74) is 4.24. The minimum Gasteiger partial charge on any atom is -0.309 e. The molecule has 1 heterocycles. The van der Waals surface area contributed by atoms with Crippen LogP contribution in [0.3, 0.4) is 0 Å². The number of fused-ring (bicyclic) bond motifs is 1. The van der Waals surface area contributed by atoms with E-state index in [-0.39, 0.29) is 11.8 Å². The summed E-state index contributed by atoms with van der Waals surface area (Å²) < 4.78 is 1.13. The zero-order chi connectivity index (χ0) is 23.2. The number of amides is 1. The first kappa shape index (κ1) is 23.1. The van der Waals surface area contributed by atoms with E-state index in [0.29, 0.717) is 6.54 Å². The molecule has 5 heteroatoms. The molecule has 3 aromatic carbocycles. The van der Waals surface area contributed by atoms with Gasteiger partial charge >= 0.3 is 0 Å². The summed E-state index contributed by atoms with van der Waals surface area (Å²) in [4.78, 5) is 23.1. The monoisotopic (exact) mass is 457 g/mol. The highest BCUT2D eigenvalue weighted by Crippen LogP contribution is 2.34. The molecule has 4 aromatic rings. The Balaban J connectivity index is 1.75. The molecular formula is C28H31N3OS. The number of carbonyl (C=O) groups is 1. The summed E-state index contributed by atoms with van der Waals surface area (Å²) in [6, 6.07) is 26.5. The van der Waals surface area contributed by atoms with Crippen LogP contribution in [0.25, 0.3) is 10.2 Å². The normalized spacial score (nSPS) is 11.4. The number of aryl methyl sites for hydroxylation is 1. The molecule has 0 unspecified atom stereocenters. The molecule has 0 saturated carbocycles. The lowest BCUT2D eigenvalue weighted by atomic mass is 9.90. The number of hydrogen-bond acceptors (Lipinski definition) is 4. The average Bonchev–Trinajstić information content (AvgIpc) is 3.26. The highest BCUT2D eigenvalue weighted by Gasteiger charge is 2.30. The van der Waals surface area contributed by atoms with Crippen LogP contribution in [-0.4, -0.2) is 43.0 Å². The molecule has 0 radical (unpaired) electrons. The fourth-order valence-electron chi connectivity index (χ4n) is 4.06. The molecule has 0 aliphatic carbocycles. The summed E-state index contributed by atoms with van der Waals surface area (Å²) in [6.07, 6.45) is 1.86. The van der Waals surface area contributed by atoms with E-state index >= 15 is 0 Å². The Morgan fingerprint density at radius 1 is 0.909 bits per heavy atom. The molecule has 0 saturated heterocycles. The van der Waals surface area contributed by atoms with Gasteiger partial charge in [-0.25, -0.2) is 4.98 Å². The van der Waals surface area contributed by atoms with Crippen molar-refractivity contribution in [3.05, 3.63) is 95.6 Å². The Morgan fingerprint density at radius 3 is 2.12 bits per heavy atom. The number of rotatable bonds is 9. The standard InChI is InChI=1S/C28H31N3OS/c1-4-21-16-17-24-25(20-21)33-28(29-24)31(19-11-18-30(2)3)27(32)26(22-12-7-5-8-13-22)23-14-9-6-10-15-23/h5-10,12-17,20,26H,4,11,18-19H2,1-3H3. The molecule has 1 aromatic heterocycles. The third-order valence-electron chi connectivity index (χ3n) is 5.85. The van der Waals surface area contributed by atoms with Crippen molar-refractivity contribution in [2.75, 3.05) is 32.1 Å². The van der Waals surface area contributed by atoms with Crippen LogP contribution in [0.4, 0.5) is 5.13 Å². The molecule has 0 spiro atoms. The van der Waals surface area contributed by atoms with Crippen molar-refractivity contribution in [1.82, 2.24) is 9.88 Å². The van der Waals surface area contributed by atoms with Crippen LogP contribution in [0.15, 0.2) is 78.9 Å². The van der Waals surface area contributed by atoms with Gasteiger partial charge in [-0.1, -0.05) is 85.0 Å². The average molecular weight is 458 g/mol. The van der Waals surface area contributed by atoms with E-state index in [0.717, 1.165) is 45.9 Å². The predicted molar refractivity (Wildman–Crippen MR) is 139 cm³/mol. The van der Waals surface area contributed by atoms with Gasteiger partial charge in [0, 0.05) is 6.54 Å². The smallest absolute Gasteiger partial charge is 0.240 e. The zero-order valence-electron chi connectivity index (χ0n) is 19.6. The summed E-state index contributed by atoms with van der Waals surface area (Å²) in [5, 5.41) is 0.777. The third kappa shape index (κ3) is 5.49. The van der Waals surface area contributed by atoms with Crippen molar-refractivity contribution in [1.29, 1.82) is 0 Å². The van der Waals surface area contributed by atoms with Gasteiger partial charge in [-0.3, -0.25) is 9.69 Å². The van der Waals surface area contributed by atoms with Gasteiger partial charge in [0.15, 0.2) is 5.13 Å². The fourth-order valence-corrected chi connectivity index (χ4v) is 5.12. The summed E-state index contributed by atoms with van der Waals surface area (Å²) in [6.45, 7) is 3.70. The van der Waals surface area contributed by atoms with Crippen molar-refractivity contribution < 1.29 is 4.79 Å². The molecule has 33 heavy (non-hydrogen) atoms. The molecule has 4 nitrogen and oxygen atoms in total. The number of anilines is 1. The SMILES string of the molecule is CCc1ccc2nc(N(CCCN(C)C)C(=O)C(c3ccccc3)c3ccccc3)sc2c1. The molecule has 170 valence electrons. The van der Waals surface area contributed by atoms with Crippen LogP contribution in [0.2, 0.25) is 0 Å². The van der Waals surface area contributed by atoms with E-state index in [1.54, 1.807) is 11.3 Å². The first-order valence-electron chi connectivity index (χ1n) is 11.5. The maximum Gasteiger partial charge on any atom is 0.240 e. The van der Waals surface area contributed by atoms with Gasteiger partial charge in [-0.2, -0.15) is 0 Å². The topological polar surface area (TPSA) is 36.4 Å². The zero-order valence-corrected chi connectivity index (χ0v) is 20.4. The van der Waals surface area contributed by atoms with Gasteiger partial charge in [0.25, 0.3) is 0 Å². The Bertz CT molecular complexity index is 1150. The van der Waals surface area contributed by atoms with Crippen molar-refractivity contribution in [2.24, 2.45) is 0 Å². The van der Waals surface area contributed by atoms with Crippen LogP contribution < -0.4 is 4.90 Å². The van der Waals surface area contributed by atoms with E-state index in [2.05, 4.69) is 44.1 Å². The molecule has 0 atom stereocenters. The highest BCUT2D eigenvalue weighted by molar-refractivity contribution is 7.22. The second-order valence-corrected chi connectivity index (χ2v) is 9.56. The Kier molecular flexibility index (Phi) is 7.53. The van der Waals surface area contributed by atoms with Gasteiger partial charge in [-0.15, -0.1) is 0 Å². The lowest BCUT2D eigenvalue weighted by Crippen LogP contribution is -2.37. The van der Waals surface area contributed by atoms with Crippen LogP contribution in [0.5, 0.6) is 0 Å². The number of thiazole rings is 1. The van der Waals surface area contributed by atoms with Gasteiger partial charge in [0.1, 0.15) is 0 Å². The van der Waals surface area contributed by atoms with Crippen LogP contribution in [0.1, 0.15) is 36.0 Å². The Morgan fingerprint density at radius 2 is 1.55 bits per heavy atom. The maximum atomic E-state index is 14.2. The van der Waals surface area contributed by atoms with Crippen LogP contribution in [0, 0.1) is 0 Å². The lowest BCUT2D eigenvalue weighted by Gasteiger charge is -2.26. The van der Waals surface area contributed by atoms with Crippen molar-refractivity contribution >= 4 is 32.6 Å². The fraction of sp³-hybridized carbons (Fsp3) is 0.286. The molecule has 4 rings (SSSR count). The summed E-state index contributed by atoms with van der Waals surface area (Å²) in [7, 11) is 4.12. The molecule has 0 aliphatic heterocycles. The van der Waals surface area contributed by atoms with E-state index in [1.165, 1.54) is 5.56 Å². The molecule has 0 bridgehead atoms. The van der Waals surface area contributed by atoms with Gasteiger partial charge in [0.2, 0.25) is 5.91 Å². The minimum atomic E-state index is -0.370. The predicted octanol–water partition coefficient (Wildman–Crippen LogP) is 5.98. The number of nitrogens with zero attached hydrogens (tertiary/aromatic N) is 3. The summed E-state index contributed by atoms with van der Waals surface area (Å²) in [5.74, 6) is -0.300. The maximum absolute atomic E-state index is 14.2. The minimum absolute atomic E-state index is 0.0703. The number of carbonyl (C=O) groups excluding carboxylic acids is 1. The van der Waals surface area contributed by atoms with Gasteiger partial charge in [0.05, 0.1) is 16.1 Å². The molecule has 0 aliphatic rings. The van der Waals surface area contributed by atoms with Gasteiger partial charge in [-0.05, 0) is 62.3 Å². The van der Waals surface area contributed by atoms with Crippen molar-refractivity contribution in [3.63, 3.8) is 0 Å². The van der Waals surface area contributed by atoms with E-state index in [4.69, 9.17) is 4.98 Å². The largest absolute Gasteiger partial charge is 0.309 e. The summed E-state index contributed by atoms with van der Waals surface area (Å²) >= 11 is 1.61. The molecule has 1 amide bonds. The van der Waals surface area contributed by atoms with Crippen molar-refractivity contribution in [2.45, 2.75) is 25.7 Å². The van der Waals surface area contributed by atoms with E-state index in [9.17, 15) is 4.79 Å². The lowest BCUT2D eigenvalue weighted by molar-refractivity contribution is -0.119. The third-order valence-corrected chi connectivity index (χ3v) is 6.89. The number of aromatic nitrogens is 1. The Hall–Kier alpha value is -3.02. The molecule has 0 fully saturated rings. The van der Waals surface area contributed by atoms with Gasteiger partial charge < -0.3 is 4.90 Å². The van der Waals surface area contributed by atoms with Crippen LogP contribution >= 0.6 is 11.3 Å². The van der Waals surface area contributed by atoms with Crippen molar-refractivity contribution in [3.8, 4) is 0 Å². The van der Waals surface area contributed by atoms with Crippen LogP contribution in [-0.2, 0) is 11.2 Å². The number of benzene rings is 3. The first-order chi connectivity index (χ1) is 16.1. The second-order valence-electron chi connectivity index (χ2n) is 8.55.